The Balaban J connectivity index is 2.34. The summed E-state index contributed by atoms with van der Waals surface area (Å²) >= 11 is 12.0. The van der Waals surface area contributed by atoms with Crippen LogP contribution in [0, 0.1) is 0 Å². The molecule has 1 aromatic carbocycles. The van der Waals surface area contributed by atoms with Crippen LogP contribution in [-0.2, 0) is 25.4 Å². The van der Waals surface area contributed by atoms with E-state index in [-0.39, 0.29) is 22.6 Å². The molecule has 170 valence electrons. The summed E-state index contributed by atoms with van der Waals surface area (Å²) in [7, 11) is 1.38. The lowest BCUT2D eigenvalue weighted by molar-refractivity contribution is -0.317. The summed E-state index contributed by atoms with van der Waals surface area (Å²) in [4.78, 5) is 12.9. The summed E-state index contributed by atoms with van der Waals surface area (Å²) in [6.45, 7) is 8.80. The predicted octanol–water partition coefficient (Wildman–Crippen LogP) is 3.43. The highest BCUT2D eigenvalue weighted by atomic mass is 35.5. The smallest absolute Gasteiger partial charge is 0.342 e. The number of aromatic hydroxyl groups is 2. The lowest BCUT2D eigenvalue weighted by Gasteiger charge is -2.44. The minimum Gasteiger partial charge on any atom is -0.505 e. The number of ether oxygens (including phenoxy) is 4. The Kier molecular flexibility index (Phi) is 7.88. The van der Waals surface area contributed by atoms with Crippen LogP contribution in [0.15, 0.2) is 0 Å². The highest BCUT2D eigenvalue weighted by molar-refractivity contribution is 6.39. The molecule has 0 radical (unpaired) electrons. The zero-order valence-corrected chi connectivity index (χ0v) is 19.2. The molecule has 0 saturated carbocycles. The van der Waals surface area contributed by atoms with Gasteiger partial charge in [0, 0.05) is 7.11 Å². The Morgan fingerprint density at radius 1 is 1.13 bits per heavy atom. The van der Waals surface area contributed by atoms with Crippen LogP contribution in [0.5, 0.6) is 11.5 Å². The van der Waals surface area contributed by atoms with Crippen LogP contribution in [0.4, 0.5) is 0 Å². The molecule has 0 aliphatic carbocycles. The van der Waals surface area contributed by atoms with Crippen molar-refractivity contribution in [3.63, 3.8) is 0 Å². The quantitative estimate of drug-likeness (QED) is 0.565. The number of hydrogen-bond donors (Lipinski definition) is 3. The lowest BCUT2D eigenvalue weighted by atomic mass is 9.98. The third-order valence-corrected chi connectivity index (χ3v) is 5.49. The molecule has 1 aliphatic rings. The standard InChI is InChI=1S/C20H28Cl2O8/c1-7-9-10(13(23)12(22)14(24)11(9)21)18(26)29-16-8(2)28-19(30-20(3,4)5)17(27-6)15(16)25/h8,15-17,19,23-25H,7H2,1-6H3/t8-,15+,16-,17+,19+/m0/s1. The van der Waals surface area contributed by atoms with Crippen molar-refractivity contribution < 1.29 is 39.1 Å². The van der Waals surface area contributed by atoms with E-state index in [0.29, 0.717) is 0 Å². The third kappa shape index (κ3) is 4.95. The second-order valence-electron chi connectivity index (χ2n) is 8.03. The summed E-state index contributed by atoms with van der Waals surface area (Å²) in [5.74, 6) is -2.16. The van der Waals surface area contributed by atoms with E-state index in [1.807, 2.05) is 20.8 Å². The zero-order valence-electron chi connectivity index (χ0n) is 17.7. The molecule has 0 bridgehead atoms. The van der Waals surface area contributed by atoms with Gasteiger partial charge in [0.1, 0.15) is 22.8 Å². The van der Waals surface area contributed by atoms with Crippen LogP contribution in [0.3, 0.4) is 0 Å². The van der Waals surface area contributed by atoms with Crippen molar-refractivity contribution in [1.29, 1.82) is 0 Å². The fourth-order valence-electron chi connectivity index (χ4n) is 3.30. The highest BCUT2D eigenvalue weighted by Crippen LogP contribution is 2.45. The number of halogens is 2. The van der Waals surface area contributed by atoms with E-state index in [0.717, 1.165) is 0 Å². The molecular weight excluding hydrogens is 439 g/mol. The van der Waals surface area contributed by atoms with Crippen molar-refractivity contribution in [3.05, 3.63) is 21.2 Å². The molecule has 0 aromatic heterocycles. The highest BCUT2D eigenvalue weighted by Gasteiger charge is 2.48. The number of phenolic OH excluding ortho intramolecular Hbond substituents is 2. The SMILES string of the molecule is CCc1c(Cl)c(O)c(Cl)c(O)c1C(=O)O[C@@H]1[C@@H](O)[C@@H](OC)[C@@H](OC(C)(C)C)O[C@H]1C. The number of benzene rings is 1. The Hall–Kier alpha value is -1.29. The van der Waals surface area contributed by atoms with E-state index < -0.39 is 58.8 Å². The van der Waals surface area contributed by atoms with Gasteiger partial charge in [-0.2, -0.15) is 0 Å². The summed E-state index contributed by atoms with van der Waals surface area (Å²) < 4.78 is 22.4. The summed E-state index contributed by atoms with van der Waals surface area (Å²) in [5, 5.41) is 30.4. The van der Waals surface area contributed by atoms with Gasteiger partial charge >= 0.3 is 5.97 Å². The van der Waals surface area contributed by atoms with Crippen LogP contribution >= 0.6 is 23.2 Å². The van der Waals surface area contributed by atoms with Crippen LogP contribution in [0.25, 0.3) is 0 Å². The van der Waals surface area contributed by atoms with Crippen LogP contribution < -0.4 is 0 Å². The number of carbonyl (C=O) groups excluding carboxylic acids is 1. The molecule has 1 aliphatic heterocycles. The summed E-state index contributed by atoms with van der Waals surface area (Å²) in [6, 6.07) is 0. The minimum atomic E-state index is -1.27. The summed E-state index contributed by atoms with van der Waals surface area (Å²) in [5.41, 5.74) is -0.685. The molecule has 1 saturated heterocycles. The first-order chi connectivity index (χ1) is 13.8. The predicted molar refractivity (Wildman–Crippen MR) is 110 cm³/mol. The number of rotatable bonds is 5. The van der Waals surface area contributed by atoms with Crippen molar-refractivity contribution in [3.8, 4) is 11.5 Å². The maximum atomic E-state index is 12.9. The van der Waals surface area contributed by atoms with Crippen molar-refractivity contribution in [2.24, 2.45) is 0 Å². The van der Waals surface area contributed by atoms with Gasteiger partial charge in [0.2, 0.25) is 0 Å². The van der Waals surface area contributed by atoms with Gasteiger partial charge < -0.3 is 34.3 Å². The third-order valence-electron chi connectivity index (χ3n) is 4.72. The average molecular weight is 467 g/mol. The monoisotopic (exact) mass is 466 g/mol. The second kappa shape index (κ2) is 9.46. The fourth-order valence-corrected chi connectivity index (χ4v) is 3.86. The molecule has 5 atom stereocenters. The molecule has 3 N–H and O–H groups in total. The van der Waals surface area contributed by atoms with Gasteiger partial charge in [0.15, 0.2) is 23.9 Å². The molecule has 30 heavy (non-hydrogen) atoms. The Bertz CT molecular complexity index is 792. The Morgan fingerprint density at radius 3 is 2.23 bits per heavy atom. The maximum absolute atomic E-state index is 12.9. The van der Waals surface area contributed by atoms with Gasteiger partial charge in [-0.25, -0.2) is 4.79 Å². The van der Waals surface area contributed by atoms with Crippen molar-refractivity contribution in [2.45, 2.75) is 77.3 Å². The second-order valence-corrected chi connectivity index (χ2v) is 8.79. The van der Waals surface area contributed by atoms with Gasteiger partial charge in [-0.05, 0) is 39.7 Å². The largest absolute Gasteiger partial charge is 0.505 e. The molecule has 8 nitrogen and oxygen atoms in total. The van der Waals surface area contributed by atoms with Crippen LogP contribution in [-0.4, -0.2) is 64.7 Å². The first kappa shape index (κ1) is 25.0. The number of phenols is 2. The van der Waals surface area contributed by atoms with E-state index in [1.54, 1.807) is 13.8 Å². The normalized spacial score (nSPS) is 27.2. The summed E-state index contributed by atoms with van der Waals surface area (Å²) in [6.07, 6.45) is -4.75. The van der Waals surface area contributed by atoms with Gasteiger partial charge in [0.05, 0.1) is 16.7 Å². The van der Waals surface area contributed by atoms with E-state index >= 15 is 0 Å². The van der Waals surface area contributed by atoms with E-state index in [4.69, 9.17) is 42.1 Å². The Labute approximate surface area is 185 Å². The first-order valence-corrected chi connectivity index (χ1v) is 10.3. The minimum absolute atomic E-state index is 0.158. The molecule has 0 amide bonds. The van der Waals surface area contributed by atoms with Crippen molar-refractivity contribution >= 4 is 29.2 Å². The molecule has 0 unspecified atom stereocenters. The van der Waals surface area contributed by atoms with E-state index in [1.165, 1.54) is 7.11 Å². The topological polar surface area (TPSA) is 115 Å². The molecule has 10 heteroatoms. The number of methoxy groups -OCH3 is 1. The molecule has 1 heterocycles. The van der Waals surface area contributed by atoms with Gasteiger partial charge in [0.25, 0.3) is 0 Å². The zero-order chi connectivity index (χ0) is 23.0. The van der Waals surface area contributed by atoms with Gasteiger partial charge in [-0.15, -0.1) is 0 Å². The number of aliphatic hydroxyl groups is 1. The molecular formula is C20H28Cl2O8. The lowest BCUT2D eigenvalue weighted by Crippen LogP contribution is -2.60. The number of hydrogen-bond acceptors (Lipinski definition) is 8. The van der Waals surface area contributed by atoms with E-state index in [2.05, 4.69) is 0 Å². The molecule has 1 fully saturated rings. The molecule has 0 spiro atoms. The Morgan fingerprint density at radius 2 is 1.73 bits per heavy atom. The van der Waals surface area contributed by atoms with Crippen LogP contribution in [0.1, 0.15) is 50.5 Å². The number of carbonyl (C=O) groups is 1. The van der Waals surface area contributed by atoms with Gasteiger partial charge in [-0.3, -0.25) is 0 Å². The maximum Gasteiger partial charge on any atom is 0.342 e. The molecule has 1 aromatic rings. The molecule has 2 rings (SSSR count). The fraction of sp³-hybridized carbons (Fsp3) is 0.650. The van der Waals surface area contributed by atoms with Crippen LogP contribution in [0.2, 0.25) is 10.0 Å². The first-order valence-electron chi connectivity index (χ1n) is 9.50. The van der Waals surface area contributed by atoms with E-state index in [9.17, 15) is 20.1 Å². The average Bonchev–Trinajstić information content (AvgIpc) is 2.64. The van der Waals surface area contributed by atoms with Crippen molar-refractivity contribution in [2.75, 3.05) is 7.11 Å². The van der Waals surface area contributed by atoms with Crippen molar-refractivity contribution in [1.82, 2.24) is 0 Å². The number of aliphatic hydroxyl groups excluding tert-OH is 1. The number of esters is 1. The van der Waals surface area contributed by atoms with Gasteiger partial charge in [-0.1, -0.05) is 30.1 Å².